The van der Waals surface area contributed by atoms with E-state index in [0.717, 1.165) is 36.5 Å². The molecule has 0 bridgehead atoms. The van der Waals surface area contributed by atoms with E-state index >= 15 is 4.39 Å². The minimum atomic E-state index is -5.32. The zero-order chi connectivity index (χ0) is 23.2. The highest BCUT2D eigenvalue weighted by molar-refractivity contribution is 5.81. The van der Waals surface area contributed by atoms with Crippen molar-refractivity contribution in [3.8, 4) is 28.0 Å². The van der Waals surface area contributed by atoms with Gasteiger partial charge in [0, 0.05) is 12.0 Å². The van der Waals surface area contributed by atoms with Crippen LogP contribution in [0.5, 0.6) is 5.75 Å². The summed E-state index contributed by atoms with van der Waals surface area (Å²) in [5.74, 6) is -7.21. The van der Waals surface area contributed by atoms with Crippen LogP contribution in [-0.2, 0) is 12.8 Å². The maximum Gasteiger partial charge on any atom is 0.573 e. The molecule has 8 heteroatoms. The normalized spacial score (nSPS) is 12.6. The number of hydrogen-bond donors (Lipinski definition) is 0. The van der Waals surface area contributed by atoms with Crippen LogP contribution in [0, 0.1) is 23.3 Å². The average Bonchev–Trinajstić information content (AvgIpc) is 3.06. The largest absolute Gasteiger partial charge is 0.573 e. The van der Waals surface area contributed by atoms with Crippen molar-refractivity contribution in [3.05, 3.63) is 76.4 Å². The van der Waals surface area contributed by atoms with E-state index in [1.807, 2.05) is 12.1 Å². The minimum Gasteiger partial charge on any atom is -0.399 e. The molecule has 0 radical (unpaired) electrons. The third-order valence-corrected chi connectivity index (χ3v) is 5.47. The van der Waals surface area contributed by atoms with E-state index in [9.17, 15) is 26.3 Å². The van der Waals surface area contributed by atoms with E-state index in [2.05, 4.69) is 11.7 Å². The fourth-order valence-corrected chi connectivity index (χ4v) is 4.04. The SMILES string of the molecule is CCCCc1ccc2c(c1)Cc1c-2cc(F)c(-c2cc(F)c(OC(F)(F)F)c(F)c2)c1F. The number of fused-ring (bicyclic) bond motifs is 3. The van der Waals surface area contributed by atoms with Crippen LogP contribution in [0.1, 0.15) is 36.5 Å². The second kappa shape index (κ2) is 8.15. The summed E-state index contributed by atoms with van der Waals surface area (Å²) in [5, 5.41) is 0. The van der Waals surface area contributed by atoms with Gasteiger partial charge in [-0.2, -0.15) is 0 Å². The van der Waals surface area contributed by atoms with Crippen molar-refractivity contribution >= 4 is 0 Å². The van der Waals surface area contributed by atoms with Gasteiger partial charge in [0.25, 0.3) is 0 Å². The molecule has 0 aliphatic heterocycles. The Morgan fingerprint density at radius 2 is 1.56 bits per heavy atom. The van der Waals surface area contributed by atoms with Crippen molar-refractivity contribution in [1.29, 1.82) is 0 Å². The van der Waals surface area contributed by atoms with Gasteiger partial charge >= 0.3 is 6.36 Å². The van der Waals surface area contributed by atoms with Crippen molar-refractivity contribution in [2.45, 2.75) is 39.0 Å². The highest BCUT2D eigenvalue weighted by atomic mass is 19.4. The van der Waals surface area contributed by atoms with Crippen LogP contribution in [0.4, 0.5) is 30.7 Å². The van der Waals surface area contributed by atoms with Crippen LogP contribution in [0.25, 0.3) is 22.3 Å². The summed E-state index contributed by atoms with van der Waals surface area (Å²) in [6, 6.07) is 7.56. The lowest BCUT2D eigenvalue weighted by Gasteiger charge is -2.14. The number of ether oxygens (including phenoxy) is 1. The molecule has 1 nitrogen and oxygen atoms in total. The molecular weight excluding hydrogens is 437 g/mol. The molecule has 3 aromatic rings. The van der Waals surface area contributed by atoms with Gasteiger partial charge in [-0.15, -0.1) is 13.2 Å². The lowest BCUT2D eigenvalue weighted by Crippen LogP contribution is -2.19. The molecule has 168 valence electrons. The molecule has 0 saturated heterocycles. The maximum atomic E-state index is 15.3. The number of halogens is 7. The van der Waals surface area contributed by atoms with Crippen LogP contribution in [-0.4, -0.2) is 6.36 Å². The lowest BCUT2D eigenvalue weighted by atomic mass is 9.96. The predicted molar refractivity (Wildman–Crippen MR) is 105 cm³/mol. The number of alkyl halides is 3. The van der Waals surface area contributed by atoms with Crippen molar-refractivity contribution in [1.82, 2.24) is 0 Å². The summed E-state index contributed by atoms with van der Waals surface area (Å²) in [6.07, 6.45) is -2.30. The van der Waals surface area contributed by atoms with E-state index in [1.54, 1.807) is 6.07 Å². The van der Waals surface area contributed by atoms with Crippen LogP contribution < -0.4 is 4.74 Å². The van der Waals surface area contributed by atoms with Gasteiger partial charge in [0.1, 0.15) is 11.6 Å². The second-order valence-corrected chi connectivity index (χ2v) is 7.66. The Hall–Kier alpha value is -3.03. The van der Waals surface area contributed by atoms with E-state index in [0.29, 0.717) is 23.3 Å². The number of rotatable bonds is 5. The van der Waals surface area contributed by atoms with Gasteiger partial charge in [-0.05, 0) is 58.9 Å². The van der Waals surface area contributed by atoms with Crippen molar-refractivity contribution in [2.24, 2.45) is 0 Å². The molecule has 3 aromatic carbocycles. The van der Waals surface area contributed by atoms with Crippen molar-refractivity contribution < 1.29 is 35.5 Å². The molecule has 0 heterocycles. The van der Waals surface area contributed by atoms with Crippen LogP contribution in [0.3, 0.4) is 0 Å². The van der Waals surface area contributed by atoms with Crippen LogP contribution >= 0.6 is 0 Å². The Morgan fingerprint density at radius 3 is 2.19 bits per heavy atom. The first-order valence-electron chi connectivity index (χ1n) is 9.97. The minimum absolute atomic E-state index is 0.167. The van der Waals surface area contributed by atoms with Gasteiger partial charge in [-0.25, -0.2) is 17.6 Å². The molecule has 0 aromatic heterocycles. The van der Waals surface area contributed by atoms with Crippen LogP contribution in [0.2, 0.25) is 0 Å². The summed E-state index contributed by atoms with van der Waals surface area (Å²) in [4.78, 5) is 0. The van der Waals surface area contributed by atoms with E-state index in [-0.39, 0.29) is 12.0 Å². The Morgan fingerprint density at radius 1 is 0.875 bits per heavy atom. The summed E-state index contributed by atoms with van der Waals surface area (Å²) >= 11 is 0. The molecule has 32 heavy (non-hydrogen) atoms. The number of unbranched alkanes of at least 4 members (excludes halogenated alkanes) is 1. The Balaban J connectivity index is 1.76. The van der Waals surface area contributed by atoms with Gasteiger partial charge in [-0.1, -0.05) is 31.5 Å². The zero-order valence-corrected chi connectivity index (χ0v) is 16.8. The first kappa shape index (κ1) is 22.2. The molecule has 1 aliphatic carbocycles. The van der Waals surface area contributed by atoms with E-state index in [1.165, 1.54) is 0 Å². The number of aryl methyl sites for hydroxylation is 1. The number of benzene rings is 3. The fourth-order valence-electron chi connectivity index (χ4n) is 4.04. The van der Waals surface area contributed by atoms with Gasteiger partial charge in [-0.3, -0.25) is 0 Å². The van der Waals surface area contributed by atoms with Crippen molar-refractivity contribution in [3.63, 3.8) is 0 Å². The molecule has 0 atom stereocenters. The summed E-state index contributed by atoms with van der Waals surface area (Å²) in [5.41, 5.74) is 1.81. The molecule has 1 aliphatic rings. The average molecular weight is 454 g/mol. The molecule has 0 amide bonds. The third kappa shape index (κ3) is 4.06. The first-order valence-corrected chi connectivity index (χ1v) is 9.97. The monoisotopic (exact) mass is 454 g/mol. The lowest BCUT2D eigenvalue weighted by molar-refractivity contribution is -0.276. The molecule has 0 N–H and O–H groups in total. The topological polar surface area (TPSA) is 9.23 Å². The second-order valence-electron chi connectivity index (χ2n) is 7.66. The van der Waals surface area contributed by atoms with Gasteiger partial charge in [0.2, 0.25) is 5.75 Å². The first-order chi connectivity index (χ1) is 15.1. The Bertz CT molecular complexity index is 1170. The molecule has 0 saturated carbocycles. The van der Waals surface area contributed by atoms with Gasteiger partial charge in [0.05, 0.1) is 5.56 Å². The van der Waals surface area contributed by atoms with Crippen molar-refractivity contribution in [2.75, 3.05) is 0 Å². The molecular formula is C24H17F7O. The third-order valence-electron chi connectivity index (χ3n) is 5.47. The quantitative estimate of drug-likeness (QED) is 0.281. The Kier molecular flexibility index (Phi) is 5.65. The maximum absolute atomic E-state index is 15.3. The van der Waals surface area contributed by atoms with E-state index in [4.69, 9.17) is 0 Å². The number of hydrogen-bond acceptors (Lipinski definition) is 1. The molecule has 0 spiro atoms. The molecule has 0 fully saturated rings. The molecule has 0 unspecified atom stereocenters. The summed E-state index contributed by atoms with van der Waals surface area (Å²) in [6.45, 7) is 2.07. The fraction of sp³-hybridized carbons (Fsp3) is 0.250. The van der Waals surface area contributed by atoms with Crippen LogP contribution in [0.15, 0.2) is 36.4 Å². The zero-order valence-electron chi connectivity index (χ0n) is 16.8. The van der Waals surface area contributed by atoms with Gasteiger partial charge in [0.15, 0.2) is 11.6 Å². The molecule has 4 rings (SSSR count). The predicted octanol–water partition coefficient (Wildman–Crippen LogP) is 7.72. The highest BCUT2D eigenvalue weighted by Gasteiger charge is 2.35. The summed E-state index contributed by atoms with van der Waals surface area (Å²) < 4.78 is 98.8. The summed E-state index contributed by atoms with van der Waals surface area (Å²) in [7, 11) is 0. The standard InChI is InChI=1S/C24H17F7O/c1-2-3-4-12-5-6-15-13(7-12)8-17-16(15)11-18(25)21(22(17)28)14-9-19(26)23(20(27)10-14)32-24(29,30)31/h5-7,9-11H,2-4,8H2,1H3. The van der Waals surface area contributed by atoms with Gasteiger partial charge < -0.3 is 4.74 Å². The smallest absolute Gasteiger partial charge is 0.399 e. The van der Waals surface area contributed by atoms with E-state index < -0.39 is 46.5 Å². The Labute approximate surface area is 179 Å². The highest BCUT2D eigenvalue weighted by Crippen LogP contribution is 2.43.